The van der Waals surface area contributed by atoms with Gasteiger partial charge in [0.1, 0.15) is 11.9 Å². The molecule has 1 N–H and O–H groups in total. The van der Waals surface area contributed by atoms with Gasteiger partial charge in [-0.1, -0.05) is 54.8 Å². The molecule has 0 bridgehead atoms. The van der Waals surface area contributed by atoms with E-state index in [2.05, 4.69) is 5.32 Å². The van der Waals surface area contributed by atoms with Crippen molar-refractivity contribution in [2.24, 2.45) is 0 Å². The first-order valence-corrected chi connectivity index (χ1v) is 14.3. The molecule has 1 aliphatic carbocycles. The van der Waals surface area contributed by atoms with Gasteiger partial charge in [0.25, 0.3) is 0 Å². The molecule has 1 aliphatic rings. The molecule has 0 spiro atoms. The second kappa shape index (κ2) is 12.3. The lowest BCUT2D eigenvalue weighted by atomic mass is 10.1. The maximum absolute atomic E-state index is 14.3. The van der Waals surface area contributed by atoms with Crippen LogP contribution in [0.3, 0.4) is 0 Å². The minimum Gasteiger partial charge on any atom is -0.352 e. The minimum absolute atomic E-state index is 0.0212. The lowest BCUT2D eigenvalue weighted by molar-refractivity contribution is -0.141. The Bertz CT molecular complexity index is 1150. The van der Waals surface area contributed by atoms with Crippen LogP contribution < -0.4 is 9.62 Å². The van der Waals surface area contributed by atoms with Crippen LogP contribution in [0.5, 0.6) is 0 Å². The Kier molecular flexibility index (Phi) is 9.48. The van der Waals surface area contributed by atoms with Crippen LogP contribution in [0.1, 0.15) is 56.6 Å². The summed E-state index contributed by atoms with van der Waals surface area (Å²) < 4.78 is 39.9. The number of benzene rings is 2. The molecule has 196 valence electrons. The predicted octanol–water partition coefficient (Wildman–Crippen LogP) is 4.16. The number of nitrogens with zero attached hydrogens (tertiary/aromatic N) is 2. The standard InChI is InChI=1S/C27H36FN3O4S/c1-20-14-16-22(17-15-20)19-30(21(2)27(33)29-23-9-4-5-10-23)26(32)13-8-18-31(36(3,34)35)25-12-7-6-11-24(25)28/h6-7,11-12,14-17,21,23H,4-5,8-10,13,18-19H2,1-3H3,(H,29,33). The highest BCUT2D eigenvalue weighted by Crippen LogP contribution is 2.23. The van der Waals surface area contributed by atoms with Gasteiger partial charge in [-0.25, -0.2) is 12.8 Å². The normalized spacial score (nSPS) is 14.9. The molecule has 2 aromatic carbocycles. The van der Waals surface area contributed by atoms with Crippen molar-refractivity contribution < 1.29 is 22.4 Å². The molecular formula is C27H36FN3O4S. The number of rotatable bonds is 11. The van der Waals surface area contributed by atoms with Crippen LogP contribution in [0.2, 0.25) is 0 Å². The minimum atomic E-state index is -3.75. The molecule has 9 heteroatoms. The van der Waals surface area contributed by atoms with Crippen LogP contribution in [0.15, 0.2) is 48.5 Å². The maximum atomic E-state index is 14.3. The number of carbonyl (C=O) groups is 2. The molecule has 1 unspecified atom stereocenters. The van der Waals surface area contributed by atoms with Gasteiger partial charge in [-0.3, -0.25) is 13.9 Å². The summed E-state index contributed by atoms with van der Waals surface area (Å²) >= 11 is 0. The average molecular weight is 518 g/mol. The predicted molar refractivity (Wildman–Crippen MR) is 139 cm³/mol. The number of halogens is 1. The molecule has 3 rings (SSSR count). The van der Waals surface area contributed by atoms with Gasteiger partial charge < -0.3 is 10.2 Å². The van der Waals surface area contributed by atoms with E-state index in [0.717, 1.165) is 47.4 Å². The van der Waals surface area contributed by atoms with E-state index >= 15 is 0 Å². The van der Waals surface area contributed by atoms with Crippen LogP contribution in [0.4, 0.5) is 10.1 Å². The van der Waals surface area contributed by atoms with Crippen molar-refractivity contribution in [3.63, 3.8) is 0 Å². The van der Waals surface area contributed by atoms with E-state index in [-0.39, 0.29) is 49.5 Å². The van der Waals surface area contributed by atoms with E-state index in [1.807, 2.05) is 31.2 Å². The SMILES string of the molecule is Cc1ccc(CN(C(=O)CCCN(c2ccccc2F)S(C)(=O)=O)C(C)C(=O)NC2CCCC2)cc1. The smallest absolute Gasteiger partial charge is 0.242 e. The summed E-state index contributed by atoms with van der Waals surface area (Å²) in [5.74, 6) is -1.09. The molecular weight excluding hydrogens is 481 g/mol. The highest BCUT2D eigenvalue weighted by atomic mass is 32.2. The Balaban J connectivity index is 1.72. The number of nitrogens with one attached hydrogen (secondary N) is 1. The Morgan fingerprint density at radius 1 is 1.08 bits per heavy atom. The maximum Gasteiger partial charge on any atom is 0.242 e. The van der Waals surface area contributed by atoms with Crippen molar-refractivity contribution in [3.05, 3.63) is 65.5 Å². The molecule has 7 nitrogen and oxygen atoms in total. The summed E-state index contributed by atoms with van der Waals surface area (Å²) in [4.78, 5) is 27.9. The zero-order valence-corrected chi connectivity index (χ0v) is 22.1. The monoisotopic (exact) mass is 517 g/mol. The number of amides is 2. The van der Waals surface area contributed by atoms with Crippen molar-refractivity contribution in [2.45, 2.75) is 71.0 Å². The first kappa shape index (κ1) is 27.6. The van der Waals surface area contributed by atoms with Crippen LogP contribution >= 0.6 is 0 Å². The number of anilines is 1. The highest BCUT2D eigenvalue weighted by Gasteiger charge is 2.29. The number of hydrogen-bond acceptors (Lipinski definition) is 4. The lowest BCUT2D eigenvalue weighted by Gasteiger charge is -2.30. The summed E-state index contributed by atoms with van der Waals surface area (Å²) in [6.07, 6.45) is 5.28. The van der Waals surface area contributed by atoms with E-state index in [9.17, 15) is 22.4 Å². The molecule has 1 atom stereocenters. The Hall–Kier alpha value is -2.94. The topological polar surface area (TPSA) is 86.8 Å². The van der Waals surface area contributed by atoms with E-state index in [1.54, 1.807) is 17.9 Å². The molecule has 0 radical (unpaired) electrons. The van der Waals surface area contributed by atoms with E-state index in [0.29, 0.717) is 0 Å². The second-order valence-electron chi connectivity index (χ2n) is 9.56. The van der Waals surface area contributed by atoms with Gasteiger partial charge in [-0.2, -0.15) is 0 Å². The van der Waals surface area contributed by atoms with Crippen LogP contribution in [0.25, 0.3) is 0 Å². The van der Waals surface area contributed by atoms with E-state index in [1.165, 1.54) is 18.2 Å². The number of carbonyl (C=O) groups excluding carboxylic acids is 2. The second-order valence-corrected chi connectivity index (χ2v) is 11.5. The van der Waals surface area contributed by atoms with Gasteiger partial charge in [0.2, 0.25) is 21.8 Å². The van der Waals surface area contributed by atoms with Gasteiger partial charge in [0.15, 0.2) is 0 Å². The zero-order valence-electron chi connectivity index (χ0n) is 21.2. The van der Waals surface area contributed by atoms with Crippen molar-refractivity contribution >= 4 is 27.5 Å². The van der Waals surface area contributed by atoms with Crippen molar-refractivity contribution in [1.82, 2.24) is 10.2 Å². The van der Waals surface area contributed by atoms with Gasteiger partial charge in [0, 0.05) is 25.6 Å². The first-order valence-electron chi connectivity index (χ1n) is 12.4. The number of aryl methyl sites for hydroxylation is 1. The largest absolute Gasteiger partial charge is 0.352 e. The highest BCUT2D eigenvalue weighted by molar-refractivity contribution is 7.92. The third kappa shape index (κ3) is 7.53. The Labute approximate surface area is 213 Å². The van der Waals surface area contributed by atoms with Crippen molar-refractivity contribution in [2.75, 3.05) is 17.1 Å². The van der Waals surface area contributed by atoms with E-state index < -0.39 is 21.9 Å². The third-order valence-electron chi connectivity index (χ3n) is 6.62. The third-order valence-corrected chi connectivity index (χ3v) is 7.80. The summed E-state index contributed by atoms with van der Waals surface area (Å²) in [5, 5.41) is 3.07. The summed E-state index contributed by atoms with van der Waals surface area (Å²) in [5.41, 5.74) is 1.95. The lowest BCUT2D eigenvalue weighted by Crippen LogP contribution is -2.49. The summed E-state index contributed by atoms with van der Waals surface area (Å²) in [6, 6.07) is 12.9. The fourth-order valence-electron chi connectivity index (χ4n) is 4.50. The van der Waals surface area contributed by atoms with Crippen molar-refractivity contribution in [1.29, 1.82) is 0 Å². The van der Waals surface area contributed by atoms with Gasteiger partial charge in [-0.15, -0.1) is 0 Å². The number of sulfonamides is 1. The van der Waals surface area contributed by atoms with E-state index in [4.69, 9.17) is 0 Å². The van der Waals surface area contributed by atoms with Crippen LogP contribution in [-0.2, 0) is 26.2 Å². The molecule has 1 fully saturated rings. The summed E-state index contributed by atoms with van der Waals surface area (Å²) in [6.45, 7) is 3.92. The molecule has 0 heterocycles. The molecule has 2 aromatic rings. The van der Waals surface area contributed by atoms with Crippen LogP contribution in [0, 0.1) is 12.7 Å². The van der Waals surface area contributed by atoms with Gasteiger partial charge in [-0.05, 0) is 50.8 Å². The first-order chi connectivity index (χ1) is 17.1. The average Bonchev–Trinajstić information content (AvgIpc) is 3.34. The molecule has 0 aromatic heterocycles. The fraction of sp³-hybridized carbons (Fsp3) is 0.481. The van der Waals surface area contributed by atoms with Gasteiger partial charge in [0.05, 0.1) is 11.9 Å². The fourth-order valence-corrected chi connectivity index (χ4v) is 5.47. The quantitative estimate of drug-likeness (QED) is 0.485. The van der Waals surface area contributed by atoms with Crippen LogP contribution in [-0.4, -0.2) is 50.0 Å². The molecule has 1 saturated carbocycles. The van der Waals surface area contributed by atoms with Crippen molar-refractivity contribution in [3.8, 4) is 0 Å². The Morgan fingerprint density at radius 2 is 1.72 bits per heavy atom. The number of para-hydroxylation sites is 1. The van der Waals surface area contributed by atoms with Gasteiger partial charge >= 0.3 is 0 Å². The molecule has 2 amide bonds. The molecule has 0 aliphatic heterocycles. The molecule has 36 heavy (non-hydrogen) atoms. The number of hydrogen-bond donors (Lipinski definition) is 1. The summed E-state index contributed by atoms with van der Waals surface area (Å²) in [7, 11) is -3.75. The Morgan fingerprint density at radius 3 is 2.33 bits per heavy atom. The zero-order chi connectivity index (χ0) is 26.3. The molecule has 0 saturated heterocycles.